The quantitative estimate of drug-likeness (QED) is 0.0272. The number of likely N-dealkylation sites (N-methyl/N-ethyl adjacent to an activating group) is 1. The molecule has 0 saturated carbocycles. The van der Waals surface area contributed by atoms with Gasteiger partial charge in [0.15, 0.2) is 0 Å². The van der Waals surface area contributed by atoms with E-state index in [1.165, 1.54) is 30.5 Å². The molecule has 4 heterocycles. The monoisotopic (exact) mass is 925 g/mol. The van der Waals surface area contributed by atoms with Gasteiger partial charge in [-0.1, -0.05) is 51.0 Å². The molecule has 1 aliphatic heterocycles. The fraction of sp³-hybridized carbons (Fsp3) is 0.455. The van der Waals surface area contributed by atoms with Crippen molar-refractivity contribution in [3.63, 3.8) is 0 Å². The van der Waals surface area contributed by atoms with E-state index < -0.39 is 49.6 Å². The highest BCUT2D eigenvalue weighted by atomic mass is 28.3. The normalized spacial score (nSPS) is 12.9. The molecule has 65 heavy (non-hydrogen) atoms. The van der Waals surface area contributed by atoms with Crippen LogP contribution in [0.5, 0.6) is 0 Å². The van der Waals surface area contributed by atoms with Gasteiger partial charge in [0.25, 0.3) is 11.8 Å². The van der Waals surface area contributed by atoms with Crippen molar-refractivity contribution < 1.29 is 27.2 Å². The molecule has 12 N–H and O–H groups in total. The highest BCUT2D eigenvalue weighted by Gasteiger charge is 2.22. The Hall–Kier alpha value is -6.06. The second-order valence-electron chi connectivity index (χ2n) is 15.5. The predicted molar refractivity (Wildman–Crippen MR) is 256 cm³/mol. The Labute approximate surface area is 379 Å². The summed E-state index contributed by atoms with van der Waals surface area (Å²) in [6, 6.07) is 16.6. The Morgan fingerprint density at radius 3 is 1.69 bits per heavy atom. The lowest BCUT2D eigenvalue weighted by Gasteiger charge is -2.18. The largest absolute Gasteiger partial charge is 0.371 e. The molecule has 0 radical (unpaired) electrons. The molecule has 0 unspecified atom stereocenters. The molecular formula is C44H64F4N14O2Si. The maximum Gasteiger partial charge on any atom is 0.254 e. The summed E-state index contributed by atoms with van der Waals surface area (Å²) in [6.07, 6.45) is -0.395. The number of rotatable bonds is 21. The average molecular weight is 925 g/mol. The Kier molecular flexibility index (Phi) is 20.2. The predicted octanol–water partition coefficient (Wildman–Crippen LogP) is 7.06. The zero-order valence-electron chi connectivity index (χ0n) is 37.8. The average Bonchev–Trinajstić information content (AvgIpc) is 3.91. The summed E-state index contributed by atoms with van der Waals surface area (Å²) in [5.74, 6) is -0.566. The van der Waals surface area contributed by atoms with Crippen LogP contribution in [-0.2, 0) is 13.0 Å². The molecule has 6 rings (SSSR count). The summed E-state index contributed by atoms with van der Waals surface area (Å²) in [5, 5.41) is 12.9. The van der Waals surface area contributed by atoms with Gasteiger partial charge in [0, 0.05) is 113 Å². The van der Waals surface area contributed by atoms with Gasteiger partial charge in [0.05, 0.1) is 5.52 Å². The molecule has 0 bridgehead atoms. The lowest BCUT2D eigenvalue weighted by atomic mass is 10.1. The minimum Gasteiger partial charge on any atom is -0.371 e. The summed E-state index contributed by atoms with van der Waals surface area (Å²) < 4.78 is 51.7. The van der Waals surface area contributed by atoms with E-state index in [1.54, 1.807) is 0 Å². The van der Waals surface area contributed by atoms with Crippen LogP contribution in [0.1, 0.15) is 73.7 Å². The van der Waals surface area contributed by atoms with Gasteiger partial charge < -0.3 is 53.7 Å². The number of aryl methyl sites for hydroxylation is 1. The first-order valence-corrected chi connectivity index (χ1v) is 24.4. The Morgan fingerprint density at radius 2 is 1.23 bits per heavy atom. The number of nitrogens with two attached hydrogens (primary N) is 4. The molecule has 16 nitrogen and oxygen atoms in total. The van der Waals surface area contributed by atoms with Crippen LogP contribution in [0.15, 0.2) is 61.1 Å². The molecule has 5 aromatic rings. The van der Waals surface area contributed by atoms with Crippen molar-refractivity contribution in [2.45, 2.75) is 103 Å². The molecule has 2 amide bonds. The van der Waals surface area contributed by atoms with E-state index in [2.05, 4.69) is 84.4 Å². The van der Waals surface area contributed by atoms with Crippen LogP contribution in [0.2, 0.25) is 18.1 Å². The van der Waals surface area contributed by atoms with Crippen LogP contribution < -0.4 is 49.1 Å². The molecule has 1 aliphatic rings. The molecule has 21 heteroatoms. The van der Waals surface area contributed by atoms with Crippen molar-refractivity contribution in [1.29, 1.82) is 0 Å². The number of hydrogen-bond acceptors (Lipinski definition) is 13. The van der Waals surface area contributed by atoms with Crippen molar-refractivity contribution in [3.8, 4) is 0 Å². The zero-order valence-corrected chi connectivity index (χ0v) is 38.9. The third-order valence-electron chi connectivity index (χ3n) is 11.0. The minimum atomic E-state index is -2.49. The third-order valence-corrected chi connectivity index (χ3v) is 14.5. The fourth-order valence-electron chi connectivity index (χ4n) is 7.23. The smallest absolute Gasteiger partial charge is 0.254 e. The van der Waals surface area contributed by atoms with Crippen molar-refractivity contribution >= 4 is 72.1 Å². The Balaban J connectivity index is 0.000000248. The number of carbonyl (C=O) groups excluding carboxylic acids is 2. The topological polar surface area (TPSA) is 246 Å². The van der Waals surface area contributed by atoms with E-state index in [1.807, 2.05) is 49.5 Å². The summed E-state index contributed by atoms with van der Waals surface area (Å²) in [7, 11) is -0.171. The van der Waals surface area contributed by atoms with Crippen LogP contribution in [0.3, 0.4) is 0 Å². The number of halogens is 4. The Bertz CT molecular complexity index is 2290. The molecule has 2 atom stereocenters. The summed E-state index contributed by atoms with van der Waals surface area (Å²) >= 11 is 0. The van der Waals surface area contributed by atoms with Gasteiger partial charge in [-0.15, -0.1) is 0 Å². The van der Waals surface area contributed by atoms with Gasteiger partial charge in [-0.05, 0) is 50.6 Å². The standard InChI is InChI=1S/C19H25F2N7O.C19H23F2N7O.C6H16Si/c2*1-2-28-7-6-12-14(4-3-5-15(12)28)26-18-13(17(23)29)10-25-19(27-18)24-9-11(22)8-16(20)21;1-4-7(5-2)6-3/h3-5,10-11,16H,2,6-9,22H2,1H3,(H2,23,29)(H2,24,25,26,27);3-7,10-11,16H,2,8-9,22H2,1H3,(H2,23,29)(H2,24,25,26,27);7H,4-6H2,1-3H3/t2*11-;/m00./s1. The molecule has 3 aromatic heterocycles. The maximum atomic E-state index is 12.4. The van der Waals surface area contributed by atoms with E-state index in [-0.39, 0.29) is 56.5 Å². The first-order valence-electron chi connectivity index (χ1n) is 22.0. The fourth-order valence-corrected chi connectivity index (χ4v) is 8.96. The highest BCUT2D eigenvalue weighted by Crippen LogP contribution is 2.35. The number of alkyl halides is 4. The molecule has 2 aromatic carbocycles. The highest BCUT2D eigenvalue weighted by molar-refractivity contribution is 6.58. The van der Waals surface area contributed by atoms with Crippen molar-refractivity contribution in [2.75, 3.05) is 52.3 Å². The molecule has 0 spiro atoms. The van der Waals surface area contributed by atoms with Crippen LogP contribution >= 0.6 is 0 Å². The molecule has 354 valence electrons. The number of carbonyl (C=O) groups is 2. The minimum absolute atomic E-state index is 0.0641. The molecular weight excluding hydrogens is 861 g/mol. The Morgan fingerprint density at radius 1 is 0.723 bits per heavy atom. The first-order chi connectivity index (χ1) is 31.1. The van der Waals surface area contributed by atoms with Crippen LogP contribution in [0, 0.1) is 0 Å². The number of amides is 2. The zero-order chi connectivity index (χ0) is 47.6. The van der Waals surface area contributed by atoms with Crippen LogP contribution in [0.25, 0.3) is 10.9 Å². The molecule has 0 saturated heterocycles. The number of anilines is 7. The van der Waals surface area contributed by atoms with E-state index >= 15 is 0 Å². The third kappa shape index (κ3) is 15.0. The van der Waals surface area contributed by atoms with Gasteiger partial charge in [0.1, 0.15) is 22.8 Å². The number of fused-ring (bicyclic) bond motifs is 2. The number of benzene rings is 2. The molecule has 0 fully saturated rings. The SMILES string of the molecule is CCN1CCc2c(Nc3nc(NC[C@@H](N)CC(F)F)ncc3C(N)=O)cccc21.CC[SiH](CC)CC.CCn1ccc2c(Nc3nc(NC[C@@H](N)CC(F)F)ncc3C(N)=O)cccc21. The lowest BCUT2D eigenvalue weighted by Crippen LogP contribution is -2.31. The molecule has 0 aliphatic carbocycles. The summed E-state index contributed by atoms with van der Waals surface area (Å²) in [6.45, 7) is 13.9. The van der Waals surface area contributed by atoms with E-state index in [4.69, 9.17) is 22.9 Å². The summed E-state index contributed by atoms with van der Waals surface area (Å²) in [5.41, 5.74) is 27.3. The second kappa shape index (κ2) is 25.4. The second-order valence-corrected chi connectivity index (χ2v) is 19.7. The first kappa shape index (κ1) is 51.6. The van der Waals surface area contributed by atoms with E-state index in [0.717, 1.165) is 59.6 Å². The van der Waals surface area contributed by atoms with Gasteiger partial charge in [-0.2, -0.15) is 9.97 Å². The van der Waals surface area contributed by atoms with Crippen LogP contribution in [-0.4, -0.2) is 96.2 Å². The number of nitrogens with one attached hydrogen (secondary N) is 4. The van der Waals surface area contributed by atoms with Gasteiger partial charge in [-0.3, -0.25) is 9.59 Å². The lowest BCUT2D eigenvalue weighted by molar-refractivity contribution is 0.0992. The van der Waals surface area contributed by atoms with Gasteiger partial charge >= 0.3 is 0 Å². The van der Waals surface area contributed by atoms with Crippen molar-refractivity contribution in [3.05, 3.63) is 77.7 Å². The van der Waals surface area contributed by atoms with Gasteiger partial charge in [0.2, 0.25) is 24.7 Å². The summed E-state index contributed by atoms with van der Waals surface area (Å²) in [4.78, 5) is 42.5. The number of hydrogen-bond donors (Lipinski definition) is 8. The number of primary amides is 2. The van der Waals surface area contributed by atoms with Crippen molar-refractivity contribution in [2.24, 2.45) is 22.9 Å². The van der Waals surface area contributed by atoms with E-state index in [9.17, 15) is 27.2 Å². The van der Waals surface area contributed by atoms with Gasteiger partial charge in [-0.25, -0.2) is 27.5 Å². The maximum absolute atomic E-state index is 12.4. The number of nitrogens with zero attached hydrogens (tertiary/aromatic N) is 6. The van der Waals surface area contributed by atoms with Crippen LogP contribution in [0.4, 0.5) is 58.2 Å². The van der Waals surface area contributed by atoms with E-state index in [0.29, 0.717) is 0 Å². The number of aromatic nitrogens is 5. The van der Waals surface area contributed by atoms with Crippen molar-refractivity contribution in [1.82, 2.24) is 24.5 Å².